The summed E-state index contributed by atoms with van der Waals surface area (Å²) in [6.45, 7) is 0. The number of carbonyl (C=O) groups is 1. The van der Waals surface area contributed by atoms with Gasteiger partial charge in [-0.05, 0) is 23.8 Å². The zero-order chi connectivity index (χ0) is 22.9. The Kier molecular flexibility index (Phi) is 5.14. The van der Waals surface area contributed by atoms with E-state index >= 15 is 4.39 Å². The maximum atomic E-state index is 15.3. The highest BCUT2D eigenvalue weighted by Crippen LogP contribution is 2.33. The van der Waals surface area contributed by atoms with Gasteiger partial charge in [0, 0.05) is 24.2 Å². The van der Waals surface area contributed by atoms with Crippen LogP contribution in [0.1, 0.15) is 5.56 Å². The molecule has 0 fully saturated rings. The lowest BCUT2D eigenvalue weighted by atomic mass is 10.1. The molecule has 0 aliphatic heterocycles. The second-order valence-corrected chi connectivity index (χ2v) is 7.58. The zero-order valence-electron chi connectivity index (χ0n) is 17.5. The van der Waals surface area contributed by atoms with Gasteiger partial charge in [-0.3, -0.25) is 19.6 Å². The highest BCUT2D eigenvalue weighted by atomic mass is 19.1. The first-order valence-corrected chi connectivity index (χ1v) is 10.1. The molecule has 164 valence electrons. The Labute approximate surface area is 187 Å². The number of halogens is 2. The summed E-state index contributed by atoms with van der Waals surface area (Å²) in [6.07, 6.45) is 4.98. The number of aryl methyl sites for hydroxylation is 1. The topological polar surface area (TPSA) is 88.5 Å². The first-order valence-electron chi connectivity index (χ1n) is 10.1. The molecule has 0 saturated heterocycles. The largest absolute Gasteiger partial charge is 0.323 e. The second-order valence-electron chi connectivity index (χ2n) is 7.58. The number of aromatic amines is 1. The molecule has 0 spiro atoms. The summed E-state index contributed by atoms with van der Waals surface area (Å²) in [6, 6.07) is 13.0. The predicted molar refractivity (Wildman–Crippen MR) is 120 cm³/mol. The molecule has 9 heteroatoms. The number of H-pyrrole nitrogens is 1. The molecule has 5 aromatic rings. The highest BCUT2D eigenvalue weighted by molar-refractivity contribution is 5.95. The quantitative estimate of drug-likeness (QED) is 0.418. The molecule has 5 rings (SSSR count). The monoisotopic (exact) mass is 444 g/mol. The number of amides is 1. The van der Waals surface area contributed by atoms with Crippen molar-refractivity contribution in [3.05, 3.63) is 84.3 Å². The molecule has 0 saturated carbocycles. The minimum Gasteiger partial charge on any atom is -0.323 e. The van der Waals surface area contributed by atoms with Crippen LogP contribution in [0.5, 0.6) is 0 Å². The van der Waals surface area contributed by atoms with Gasteiger partial charge in [0.2, 0.25) is 5.91 Å². The summed E-state index contributed by atoms with van der Waals surface area (Å²) >= 11 is 0. The maximum Gasteiger partial charge on any atom is 0.228 e. The normalized spacial score (nSPS) is 11.1. The second kappa shape index (κ2) is 8.27. The number of hydrogen-bond donors (Lipinski definition) is 2. The van der Waals surface area contributed by atoms with Gasteiger partial charge in [0.1, 0.15) is 11.5 Å². The minimum atomic E-state index is -0.894. The van der Waals surface area contributed by atoms with Gasteiger partial charge in [-0.1, -0.05) is 30.3 Å². The molecule has 0 aliphatic carbocycles. The van der Waals surface area contributed by atoms with Crippen molar-refractivity contribution in [2.24, 2.45) is 7.05 Å². The number of fused-ring (bicyclic) bond motifs is 1. The standard InChI is InChI=1S/C24H18F2N6O/c1-32-13-15(11-28-32)24-16-10-19(27-12-20(16)30-31-24)22-17(25)7-8-18(23(22)26)29-21(33)9-14-5-3-2-4-6-14/h2-8,10-13H,9H2,1H3,(H,29,33)(H,30,31). The van der Waals surface area contributed by atoms with Crippen LogP contribution in [-0.4, -0.2) is 30.9 Å². The number of nitrogens with one attached hydrogen (secondary N) is 2. The van der Waals surface area contributed by atoms with E-state index in [1.54, 1.807) is 42.3 Å². The van der Waals surface area contributed by atoms with Crippen LogP contribution in [0.15, 0.2) is 67.1 Å². The Morgan fingerprint density at radius 3 is 2.70 bits per heavy atom. The van der Waals surface area contributed by atoms with Crippen LogP contribution in [-0.2, 0) is 18.3 Å². The molecule has 0 radical (unpaired) electrons. The maximum absolute atomic E-state index is 15.3. The van der Waals surface area contributed by atoms with Crippen LogP contribution in [0.4, 0.5) is 14.5 Å². The molecule has 0 bridgehead atoms. The number of hydrogen-bond acceptors (Lipinski definition) is 4. The molecule has 7 nitrogen and oxygen atoms in total. The molecule has 3 heterocycles. The predicted octanol–water partition coefficient (Wildman–Crippen LogP) is 4.48. The van der Waals surface area contributed by atoms with Crippen LogP contribution >= 0.6 is 0 Å². The number of benzene rings is 2. The van der Waals surface area contributed by atoms with Gasteiger partial charge in [0.25, 0.3) is 0 Å². The van der Waals surface area contributed by atoms with Crippen LogP contribution in [0.3, 0.4) is 0 Å². The summed E-state index contributed by atoms with van der Waals surface area (Å²) < 4.78 is 31.7. The van der Waals surface area contributed by atoms with Gasteiger partial charge in [0.05, 0.1) is 41.3 Å². The number of aromatic nitrogens is 5. The smallest absolute Gasteiger partial charge is 0.228 e. The fourth-order valence-corrected chi connectivity index (χ4v) is 3.68. The van der Waals surface area contributed by atoms with E-state index in [-0.39, 0.29) is 23.4 Å². The molecule has 0 aliphatic rings. The van der Waals surface area contributed by atoms with Crippen molar-refractivity contribution >= 4 is 22.5 Å². The van der Waals surface area contributed by atoms with Crippen molar-refractivity contribution in [1.82, 2.24) is 25.0 Å². The summed E-state index contributed by atoms with van der Waals surface area (Å²) in [5.74, 6) is -2.09. The number of carbonyl (C=O) groups excluding carboxylic acids is 1. The van der Waals surface area contributed by atoms with Crippen molar-refractivity contribution in [2.45, 2.75) is 6.42 Å². The Morgan fingerprint density at radius 1 is 1.12 bits per heavy atom. The van der Waals surface area contributed by atoms with Crippen molar-refractivity contribution in [2.75, 3.05) is 5.32 Å². The molecule has 3 aromatic heterocycles. The molecule has 2 aromatic carbocycles. The Balaban J connectivity index is 1.51. The summed E-state index contributed by atoms with van der Waals surface area (Å²) in [5, 5.41) is 14.5. The van der Waals surface area contributed by atoms with Crippen LogP contribution in [0.25, 0.3) is 33.4 Å². The van der Waals surface area contributed by atoms with Crippen molar-refractivity contribution < 1.29 is 13.6 Å². The van der Waals surface area contributed by atoms with Gasteiger partial charge in [-0.15, -0.1) is 0 Å². The number of rotatable bonds is 5. The third-order valence-corrected chi connectivity index (χ3v) is 5.25. The highest BCUT2D eigenvalue weighted by Gasteiger charge is 2.20. The van der Waals surface area contributed by atoms with Crippen LogP contribution in [0.2, 0.25) is 0 Å². The van der Waals surface area contributed by atoms with E-state index in [1.807, 2.05) is 18.2 Å². The molecule has 2 N–H and O–H groups in total. The van der Waals surface area contributed by atoms with E-state index in [9.17, 15) is 9.18 Å². The average molecular weight is 444 g/mol. The van der Waals surface area contributed by atoms with E-state index in [4.69, 9.17) is 0 Å². The molecular weight excluding hydrogens is 426 g/mol. The molecule has 1 amide bonds. The Hall–Kier alpha value is -4.40. The fraction of sp³-hybridized carbons (Fsp3) is 0.0833. The number of nitrogens with zero attached hydrogens (tertiary/aromatic N) is 4. The zero-order valence-corrected chi connectivity index (χ0v) is 17.5. The van der Waals surface area contributed by atoms with Gasteiger partial charge < -0.3 is 5.32 Å². The van der Waals surface area contributed by atoms with Crippen molar-refractivity contribution in [3.8, 4) is 22.5 Å². The lowest BCUT2D eigenvalue weighted by molar-refractivity contribution is -0.115. The third-order valence-electron chi connectivity index (χ3n) is 5.25. The van der Waals surface area contributed by atoms with Crippen LogP contribution in [0, 0.1) is 11.6 Å². The first kappa shape index (κ1) is 20.5. The summed E-state index contributed by atoms with van der Waals surface area (Å²) in [7, 11) is 1.79. The number of pyridine rings is 1. The van der Waals surface area contributed by atoms with E-state index < -0.39 is 17.5 Å². The molecule has 0 atom stereocenters. The lowest BCUT2D eigenvalue weighted by Crippen LogP contribution is -2.16. The molecule has 33 heavy (non-hydrogen) atoms. The fourth-order valence-electron chi connectivity index (χ4n) is 3.68. The summed E-state index contributed by atoms with van der Waals surface area (Å²) in [5.41, 5.74) is 2.39. The molecular formula is C24H18F2N6O. The Morgan fingerprint density at radius 2 is 1.94 bits per heavy atom. The van der Waals surface area contributed by atoms with E-state index in [0.717, 1.165) is 17.2 Å². The van der Waals surface area contributed by atoms with Crippen LogP contribution < -0.4 is 5.32 Å². The lowest BCUT2D eigenvalue weighted by Gasteiger charge is -2.11. The van der Waals surface area contributed by atoms with Gasteiger partial charge in [0.15, 0.2) is 5.82 Å². The SMILES string of the molecule is Cn1cc(-c2n[nH]c3cnc(-c4c(F)ccc(NC(=O)Cc5ccccc5)c4F)cc23)cn1. The third kappa shape index (κ3) is 3.96. The first-order chi connectivity index (χ1) is 16.0. The van der Waals surface area contributed by atoms with E-state index in [2.05, 4.69) is 25.6 Å². The average Bonchev–Trinajstić information content (AvgIpc) is 3.42. The summed E-state index contributed by atoms with van der Waals surface area (Å²) in [4.78, 5) is 16.6. The van der Waals surface area contributed by atoms with Crippen molar-refractivity contribution in [3.63, 3.8) is 0 Å². The van der Waals surface area contributed by atoms with Gasteiger partial charge >= 0.3 is 0 Å². The molecule has 0 unspecified atom stereocenters. The Bertz CT molecular complexity index is 1480. The minimum absolute atomic E-state index is 0.0701. The number of anilines is 1. The van der Waals surface area contributed by atoms with E-state index in [1.165, 1.54) is 12.3 Å². The van der Waals surface area contributed by atoms with Crippen molar-refractivity contribution in [1.29, 1.82) is 0 Å². The van der Waals surface area contributed by atoms with E-state index in [0.29, 0.717) is 16.6 Å². The van der Waals surface area contributed by atoms with Gasteiger partial charge in [-0.2, -0.15) is 10.2 Å². The van der Waals surface area contributed by atoms with Gasteiger partial charge in [-0.25, -0.2) is 8.78 Å².